The summed E-state index contributed by atoms with van der Waals surface area (Å²) >= 11 is 0. The maximum atomic E-state index is 12.2. The average Bonchev–Trinajstić information content (AvgIpc) is 2.34. The van der Waals surface area contributed by atoms with Crippen LogP contribution in [0.4, 0.5) is 13.2 Å². The number of hydrogen-bond donors (Lipinski definition) is 1. The third-order valence-electron chi connectivity index (χ3n) is 2.06. The SMILES string of the molecule is O=C(O)C(=C1CCCC1)C(F)(F)F. The molecule has 0 aromatic carbocycles. The normalized spacial score (nSPS) is 17.6. The number of hydrogen-bond acceptors (Lipinski definition) is 1. The Kier molecular flexibility index (Phi) is 2.63. The first-order valence-corrected chi connectivity index (χ1v) is 3.95. The van der Waals surface area contributed by atoms with Crippen LogP contribution >= 0.6 is 0 Å². The Morgan fingerprint density at radius 2 is 1.69 bits per heavy atom. The van der Waals surface area contributed by atoms with Crippen molar-refractivity contribution in [3.05, 3.63) is 11.1 Å². The number of rotatable bonds is 1. The summed E-state index contributed by atoms with van der Waals surface area (Å²) in [6, 6.07) is 0. The molecule has 2 nitrogen and oxygen atoms in total. The van der Waals surface area contributed by atoms with E-state index in [4.69, 9.17) is 5.11 Å². The summed E-state index contributed by atoms with van der Waals surface area (Å²) in [6.45, 7) is 0. The summed E-state index contributed by atoms with van der Waals surface area (Å²) in [4.78, 5) is 10.4. The maximum absolute atomic E-state index is 12.2. The van der Waals surface area contributed by atoms with Crippen LogP contribution in [0, 0.1) is 0 Å². The molecule has 0 amide bonds. The van der Waals surface area contributed by atoms with Gasteiger partial charge in [-0.1, -0.05) is 5.57 Å². The van der Waals surface area contributed by atoms with Gasteiger partial charge in [-0.2, -0.15) is 13.2 Å². The van der Waals surface area contributed by atoms with Crippen molar-refractivity contribution in [1.82, 2.24) is 0 Å². The van der Waals surface area contributed by atoms with Gasteiger partial charge in [-0.05, 0) is 25.7 Å². The van der Waals surface area contributed by atoms with E-state index in [0.717, 1.165) is 0 Å². The number of carbonyl (C=O) groups is 1. The summed E-state index contributed by atoms with van der Waals surface area (Å²) in [5.74, 6) is -1.86. The zero-order valence-electron chi connectivity index (χ0n) is 6.82. The van der Waals surface area contributed by atoms with Crippen LogP contribution in [0.3, 0.4) is 0 Å². The lowest BCUT2D eigenvalue weighted by molar-refractivity contribution is -0.145. The molecule has 13 heavy (non-hydrogen) atoms. The third kappa shape index (κ3) is 2.23. The number of allylic oxidation sites excluding steroid dienone is 1. The lowest BCUT2D eigenvalue weighted by Crippen LogP contribution is -2.21. The Morgan fingerprint density at radius 1 is 1.23 bits per heavy atom. The van der Waals surface area contributed by atoms with Crippen molar-refractivity contribution < 1.29 is 23.1 Å². The van der Waals surface area contributed by atoms with Crippen molar-refractivity contribution in [2.75, 3.05) is 0 Å². The van der Waals surface area contributed by atoms with E-state index in [2.05, 4.69) is 0 Å². The molecular weight excluding hydrogens is 185 g/mol. The number of carboxylic acids is 1. The molecule has 1 saturated carbocycles. The van der Waals surface area contributed by atoms with Crippen LogP contribution in [0.1, 0.15) is 25.7 Å². The van der Waals surface area contributed by atoms with E-state index in [1.54, 1.807) is 0 Å². The zero-order chi connectivity index (χ0) is 10.1. The molecule has 0 aliphatic heterocycles. The molecule has 74 valence electrons. The average molecular weight is 194 g/mol. The molecule has 1 fully saturated rings. The van der Waals surface area contributed by atoms with E-state index in [1.165, 1.54) is 0 Å². The lowest BCUT2D eigenvalue weighted by atomic mass is 10.1. The molecule has 0 bridgehead atoms. The Morgan fingerprint density at radius 3 is 2.00 bits per heavy atom. The molecule has 0 aromatic rings. The van der Waals surface area contributed by atoms with Gasteiger partial charge in [-0.15, -0.1) is 0 Å². The van der Waals surface area contributed by atoms with E-state index in [-0.39, 0.29) is 18.4 Å². The lowest BCUT2D eigenvalue weighted by Gasteiger charge is -2.10. The zero-order valence-corrected chi connectivity index (χ0v) is 6.82. The van der Waals surface area contributed by atoms with Crippen molar-refractivity contribution in [2.45, 2.75) is 31.9 Å². The molecule has 1 N–H and O–H groups in total. The fraction of sp³-hybridized carbons (Fsp3) is 0.625. The van der Waals surface area contributed by atoms with Gasteiger partial charge >= 0.3 is 12.1 Å². The third-order valence-corrected chi connectivity index (χ3v) is 2.06. The monoisotopic (exact) mass is 194 g/mol. The predicted molar refractivity (Wildman–Crippen MR) is 39.2 cm³/mol. The summed E-state index contributed by atoms with van der Waals surface area (Å²) in [5, 5.41) is 8.39. The minimum Gasteiger partial charge on any atom is -0.478 e. The van der Waals surface area contributed by atoms with Gasteiger partial charge in [-0.25, -0.2) is 4.79 Å². The van der Waals surface area contributed by atoms with Gasteiger partial charge in [0, 0.05) is 0 Å². The van der Waals surface area contributed by atoms with Crippen LogP contribution in [-0.4, -0.2) is 17.3 Å². The standard InChI is InChI=1S/C8H9F3O2/c9-8(10,11)6(7(12)13)5-3-1-2-4-5/h1-4H2,(H,12,13). The van der Waals surface area contributed by atoms with Crippen LogP contribution in [0.25, 0.3) is 0 Å². The summed E-state index contributed by atoms with van der Waals surface area (Å²) < 4.78 is 36.6. The Hall–Kier alpha value is -1.00. The summed E-state index contributed by atoms with van der Waals surface area (Å²) in [5.41, 5.74) is -1.31. The molecule has 0 unspecified atom stereocenters. The molecule has 1 aliphatic carbocycles. The fourth-order valence-corrected chi connectivity index (χ4v) is 1.52. The molecule has 0 atom stereocenters. The molecule has 5 heteroatoms. The Balaban J connectivity index is 3.04. The number of alkyl halides is 3. The second-order valence-electron chi connectivity index (χ2n) is 2.99. The molecule has 1 rings (SSSR count). The van der Waals surface area contributed by atoms with Gasteiger partial charge in [0.05, 0.1) is 0 Å². The van der Waals surface area contributed by atoms with Crippen molar-refractivity contribution in [3.8, 4) is 0 Å². The van der Waals surface area contributed by atoms with Crippen molar-refractivity contribution >= 4 is 5.97 Å². The minimum absolute atomic E-state index is 0.0417. The smallest absolute Gasteiger partial charge is 0.423 e. The van der Waals surface area contributed by atoms with Gasteiger partial charge in [0.2, 0.25) is 0 Å². The van der Waals surface area contributed by atoms with Crippen molar-refractivity contribution in [3.63, 3.8) is 0 Å². The topological polar surface area (TPSA) is 37.3 Å². The molecule has 0 aromatic heterocycles. The molecule has 0 radical (unpaired) electrons. The summed E-state index contributed by atoms with van der Waals surface area (Å²) in [6.07, 6.45) is -2.88. The maximum Gasteiger partial charge on any atom is 0.423 e. The van der Waals surface area contributed by atoms with E-state index >= 15 is 0 Å². The van der Waals surface area contributed by atoms with Gasteiger partial charge in [0.1, 0.15) is 5.57 Å². The number of halogens is 3. The highest BCUT2D eigenvalue weighted by Crippen LogP contribution is 2.35. The van der Waals surface area contributed by atoms with E-state index in [9.17, 15) is 18.0 Å². The Labute approximate surface area is 73.1 Å². The van der Waals surface area contributed by atoms with Crippen molar-refractivity contribution in [2.24, 2.45) is 0 Å². The highest BCUT2D eigenvalue weighted by Gasteiger charge is 2.41. The van der Waals surface area contributed by atoms with Gasteiger partial charge in [-0.3, -0.25) is 0 Å². The fourth-order valence-electron chi connectivity index (χ4n) is 1.52. The highest BCUT2D eigenvalue weighted by molar-refractivity contribution is 5.89. The van der Waals surface area contributed by atoms with Crippen LogP contribution < -0.4 is 0 Å². The van der Waals surface area contributed by atoms with E-state index in [1.807, 2.05) is 0 Å². The number of aliphatic carboxylic acids is 1. The molecule has 0 saturated heterocycles. The van der Waals surface area contributed by atoms with E-state index in [0.29, 0.717) is 12.8 Å². The van der Waals surface area contributed by atoms with Crippen LogP contribution in [0.2, 0.25) is 0 Å². The quantitative estimate of drug-likeness (QED) is 0.651. The van der Waals surface area contributed by atoms with Crippen LogP contribution in [0.5, 0.6) is 0 Å². The predicted octanol–water partition coefficient (Wildman–Crippen LogP) is 2.50. The highest BCUT2D eigenvalue weighted by atomic mass is 19.4. The molecular formula is C8H9F3O2. The van der Waals surface area contributed by atoms with E-state index < -0.39 is 17.7 Å². The molecule has 0 spiro atoms. The first-order chi connectivity index (χ1) is 5.93. The van der Waals surface area contributed by atoms with Gasteiger partial charge in [0.25, 0.3) is 0 Å². The minimum atomic E-state index is -4.72. The summed E-state index contributed by atoms with van der Waals surface area (Å²) in [7, 11) is 0. The van der Waals surface area contributed by atoms with Gasteiger partial charge in [0.15, 0.2) is 0 Å². The second-order valence-corrected chi connectivity index (χ2v) is 2.99. The Bertz CT molecular complexity index is 245. The largest absolute Gasteiger partial charge is 0.478 e. The van der Waals surface area contributed by atoms with Crippen molar-refractivity contribution in [1.29, 1.82) is 0 Å². The molecule has 0 heterocycles. The second kappa shape index (κ2) is 3.40. The number of carboxylic acid groups (broad SMARTS) is 1. The van der Waals surface area contributed by atoms with Crippen LogP contribution in [0.15, 0.2) is 11.1 Å². The molecule has 1 aliphatic rings. The van der Waals surface area contributed by atoms with Crippen LogP contribution in [-0.2, 0) is 4.79 Å². The first-order valence-electron chi connectivity index (χ1n) is 3.95. The first kappa shape index (κ1) is 10.1. The van der Waals surface area contributed by atoms with Gasteiger partial charge < -0.3 is 5.11 Å².